The number of nitrogens with one attached hydrogen (secondary N) is 1. The maximum absolute atomic E-state index is 12.0. The molecule has 84 valence electrons. The lowest BCUT2D eigenvalue weighted by Crippen LogP contribution is -2.02. The van der Waals surface area contributed by atoms with Crippen molar-refractivity contribution in [3.63, 3.8) is 0 Å². The fraction of sp³-hybridized carbons (Fsp3) is 0.125. The molecule has 1 heterocycles. The van der Waals surface area contributed by atoms with Crippen LogP contribution in [0, 0.1) is 10.1 Å². The van der Waals surface area contributed by atoms with Crippen molar-refractivity contribution in [3.8, 4) is 5.88 Å². The number of benzene rings is 1. The van der Waals surface area contributed by atoms with Crippen molar-refractivity contribution in [3.05, 3.63) is 28.3 Å². The van der Waals surface area contributed by atoms with E-state index < -0.39 is 11.5 Å². The van der Waals surface area contributed by atoms with Crippen LogP contribution in [0.25, 0.3) is 10.9 Å². The number of nitrogens with zero attached hydrogens (tertiary/aromatic N) is 2. The van der Waals surface area contributed by atoms with Gasteiger partial charge in [-0.2, -0.15) is 8.78 Å². The highest BCUT2D eigenvalue weighted by Gasteiger charge is 2.15. The number of nitro groups is 1. The molecule has 0 amide bonds. The van der Waals surface area contributed by atoms with Crippen molar-refractivity contribution in [2.75, 3.05) is 0 Å². The summed E-state index contributed by atoms with van der Waals surface area (Å²) in [7, 11) is 0. The van der Waals surface area contributed by atoms with E-state index in [9.17, 15) is 18.9 Å². The first-order valence-electron chi connectivity index (χ1n) is 4.15. The Hall–Kier alpha value is -2.25. The molecule has 1 aromatic heterocycles. The van der Waals surface area contributed by atoms with Crippen LogP contribution >= 0.6 is 0 Å². The molecule has 0 bridgehead atoms. The number of nitro benzene ring substituents is 1. The molecular formula is C8H5F2N3O3. The standard InChI is InChI=1S/C8H5F2N3O3/c9-8(10)16-7-5-3-4(13(14)15)1-2-6(5)11-12-7/h1-3,8H,(H,11,12). The van der Waals surface area contributed by atoms with Gasteiger partial charge in [0.25, 0.3) is 5.69 Å². The Balaban J connectivity index is 2.51. The summed E-state index contributed by atoms with van der Waals surface area (Å²) in [6.45, 7) is -3.02. The van der Waals surface area contributed by atoms with Crippen LogP contribution in [0.3, 0.4) is 0 Å². The lowest BCUT2D eigenvalue weighted by molar-refractivity contribution is -0.384. The van der Waals surface area contributed by atoms with Gasteiger partial charge < -0.3 is 4.74 Å². The van der Waals surface area contributed by atoms with Crippen LogP contribution in [0.2, 0.25) is 0 Å². The van der Waals surface area contributed by atoms with Gasteiger partial charge in [-0.15, -0.1) is 5.10 Å². The van der Waals surface area contributed by atoms with Crippen LogP contribution in [-0.4, -0.2) is 21.7 Å². The number of ether oxygens (including phenoxy) is 1. The molecule has 8 heteroatoms. The summed E-state index contributed by atoms with van der Waals surface area (Å²) in [5, 5.41) is 16.5. The molecule has 6 nitrogen and oxygen atoms in total. The smallest absolute Gasteiger partial charge is 0.388 e. The fourth-order valence-electron chi connectivity index (χ4n) is 1.27. The number of aromatic nitrogens is 2. The SMILES string of the molecule is O=[N+]([O-])c1ccc2[nH]nc(OC(F)F)c2c1. The van der Waals surface area contributed by atoms with E-state index in [4.69, 9.17) is 0 Å². The number of non-ortho nitro benzene ring substituents is 1. The second-order valence-electron chi connectivity index (χ2n) is 2.89. The number of H-pyrrole nitrogens is 1. The second-order valence-corrected chi connectivity index (χ2v) is 2.89. The molecule has 0 unspecified atom stereocenters. The minimum absolute atomic E-state index is 0.148. The zero-order valence-corrected chi connectivity index (χ0v) is 7.68. The van der Waals surface area contributed by atoms with Gasteiger partial charge in [-0.1, -0.05) is 0 Å². The molecule has 1 aromatic carbocycles. The van der Waals surface area contributed by atoms with Crippen LogP contribution < -0.4 is 4.74 Å². The zero-order valence-electron chi connectivity index (χ0n) is 7.68. The van der Waals surface area contributed by atoms with Gasteiger partial charge in [0.05, 0.1) is 15.8 Å². The Labute approximate surface area is 87.0 Å². The van der Waals surface area contributed by atoms with E-state index in [0.717, 1.165) is 6.07 Å². The Bertz CT molecular complexity index is 540. The number of alkyl halides is 2. The van der Waals surface area contributed by atoms with E-state index in [1.807, 2.05) is 0 Å². The van der Waals surface area contributed by atoms with E-state index >= 15 is 0 Å². The molecule has 16 heavy (non-hydrogen) atoms. The lowest BCUT2D eigenvalue weighted by atomic mass is 10.2. The van der Waals surface area contributed by atoms with Crippen molar-refractivity contribution in [1.29, 1.82) is 0 Å². The monoisotopic (exact) mass is 229 g/mol. The van der Waals surface area contributed by atoms with Crippen molar-refractivity contribution >= 4 is 16.6 Å². The van der Waals surface area contributed by atoms with Gasteiger partial charge in [0.1, 0.15) is 0 Å². The Kier molecular flexibility index (Phi) is 2.39. The minimum atomic E-state index is -3.02. The van der Waals surface area contributed by atoms with Crippen LogP contribution in [0.4, 0.5) is 14.5 Å². The van der Waals surface area contributed by atoms with Gasteiger partial charge in [-0.25, -0.2) is 0 Å². The average Bonchev–Trinajstić information content (AvgIpc) is 2.60. The van der Waals surface area contributed by atoms with E-state index in [0.29, 0.717) is 5.52 Å². The van der Waals surface area contributed by atoms with Crippen LogP contribution in [0.15, 0.2) is 18.2 Å². The normalized spacial score (nSPS) is 10.9. The molecule has 0 fully saturated rings. The van der Waals surface area contributed by atoms with E-state index in [1.165, 1.54) is 12.1 Å². The van der Waals surface area contributed by atoms with Gasteiger partial charge in [-0.3, -0.25) is 15.2 Å². The summed E-state index contributed by atoms with van der Waals surface area (Å²) in [6.07, 6.45) is 0. The lowest BCUT2D eigenvalue weighted by Gasteiger charge is -1.99. The molecule has 0 aliphatic carbocycles. The maximum Gasteiger partial charge on any atom is 0.388 e. The van der Waals surface area contributed by atoms with Gasteiger partial charge >= 0.3 is 6.61 Å². The summed E-state index contributed by atoms with van der Waals surface area (Å²) in [6, 6.07) is 3.74. The third-order valence-corrected chi connectivity index (χ3v) is 1.92. The van der Waals surface area contributed by atoms with E-state index in [1.54, 1.807) is 0 Å². The molecular weight excluding hydrogens is 224 g/mol. The van der Waals surface area contributed by atoms with Crippen LogP contribution in [0.5, 0.6) is 5.88 Å². The summed E-state index contributed by atoms with van der Waals surface area (Å²) in [4.78, 5) is 9.86. The van der Waals surface area contributed by atoms with Gasteiger partial charge in [0.2, 0.25) is 5.88 Å². The molecule has 2 aromatic rings. The molecule has 2 rings (SSSR count). The molecule has 0 atom stereocenters. The van der Waals surface area contributed by atoms with Crippen molar-refractivity contribution in [1.82, 2.24) is 10.2 Å². The van der Waals surface area contributed by atoms with Crippen molar-refractivity contribution in [2.24, 2.45) is 0 Å². The van der Waals surface area contributed by atoms with Crippen molar-refractivity contribution < 1.29 is 18.4 Å². The minimum Gasteiger partial charge on any atom is -0.415 e. The highest BCUT2D eigenvalue weighted by Crippen LogP contribution is 2.27. The molecule has 0 aliphatic rings. The molecule has 1 N–H and O–H groups in total. The number of hydrogen-bond acceptors (Lipinski definition) is 4. The molecule has 0 spiro atoms. The largest absolute Gasteiger partial charge is 0.415 e. The first kappa shape index (κ1) is 10.3. The summed E-state index contributed by atoms with van der Waals surface area (Å²) < 4.78 is 28.1. The molecule has 0 radical (unpaired) electrons. The predicted octanol–water partition coefficient (Wildman–Crippen LogP) is 2.07. The number of fused-ring (bicyclic) bond motifs is 1. The Morgan fingerprint density at radius 2 is 2.25 bits per heavy atom. The average molecular weight is 229 g/mol. The number of halogens is 2. The maximum atomic E-state index is 12.0. The number of rotatable bonds is 3. The third-order valence-electron chi connectivity index (χ3n) is 1.92. The van der Waals surface area contributed by atoms with Gasteiger partial charge in [0, 0.05) is 12.1 Å². The zero-order chi connectivity index (χ0) is 11.7. The van der Waals surface area contributed by atoms with Gasteiger partial charge in [-0.05, 0) is 6.07 Å². The molecule has 0 aliphatic heterocycles. The number of aromatic amines is 1. The summed E-state index contributed by atoms with van der Waals surface area (Å²) in [5.41, 5.74) is 0.175. The first-order valence-corrected chi connectivity index (χ1v) is 4.15. The third kappa shape index (κ3) is 1.76. The van der Waals surface area contributed by atoms with E-state index in [-0.39, 0.29) is 17.0 Å². The topological polar surface area (TPSA) is 81.0 Å². The summed E-state index contributed by atoms with van der Waals surface area (Å²) >= 11 is 0. The molecule has 0 saturated heterocycles. The van der Waals surface area contributed by atoms with Crippen LogP contribution in [-0.2, 0) is 0 Å². The number of hydrogen-bond donors (Lipinski definition) is 1. The Morgan fingerprint density at radius 3 is 2.88 bits per heavy atom. The molecule has 0 saturated carbocycles. The Morgan fingerprint density at radius 1 is 1.50 bits per heavy atom. The van der Waals surface area contributed by atoms with Crippen molar-refractivity contribution in [2.45, 2.75) is 6.61 Å². The fourth-order valence-corrected chi connectivity index (χ4v) is 1.27. The van der Waals surface area contributed by atoms with E-state index in [2.05, 4.69) is 14.9 Å². The van der Waals surface area contributed by atoms with Crippen LogP contribution in [0.1, 0.15) is 0 Å². The predicted molar refractivity (Wildman–Crippen MR) is 49.4 cm³/mol. The first-order chi connectivity index (χ1) is 7.58. The highest BCUT2D eigenvalue weighted by atomic mass is 19.3. The highest BCUT2D eigenvalue weighted by molar-refractivity contribution is 5.86. The quantitative estimate of drug-likeness (QED) is 0.645. The van der Waals surface area contributed by atoms with Gasteiger partial charge in [0.15, 0.2) is 0 Å². The second kappa shape index (κ2) is 3.72. The summed E-state index contributed by atoms with van der Waals surface area (Å²) in [5.74, 6) is -0.353.